The minimum absolute atomic E-state index is 0.392. The molecule has 3 heteroatoms. The third-order valence-corrected chi connectivity index (χ3v) is 4.01. The van der Waals surface area contributed by atoms with Gasteiger partial charge in [0.1, 0.15) is 0 Å². The van der Waals surface area contributed by atoms with Gasteiger partial charge < -0.3 is 15.1 Å². The van der Waals surface area contributed by atoms with Crippen molar-refractivity contribution in [2.24, 2.45) is 11.3 Å². The van der Waals surface area contributed by atoms with Gasteiger partial charge in [0.25, 0.3) is 0 Å². The third-order valence-electron chi connectivity index (χ3n) is 4.01. The smallest absolute Gasteiger partial charge is 0.00448 e. The number of nitrogens with zero attached hydrogens (tertiary/aromatic N) is 2. The van der Waals surface area contributed by atoms with Crippen molar-refractivity contribution < 1.29 is 0 Å². The molecule has 1 aliphatic rings. The van der Waals surface area contributed by atoms with Crippen LogP contribution in [0, 0.1) is 11.3 Å². The highest BCUT2D eigenvalue weighted by atomic mass is 15.1. The number of rotatable bonds is 8. The second-order valence-corrected chi connectivity index (χ2v) is 7.32. The molecule has 3 nitrogen and oxygen atoms in total. The minimum atomic E-state index is 0.392. The Morgan fingerprint density at radius 2 is 1.84 bits per heavy atom. The molecule has 0 amide bonds. The predicted octanol–water partition coefficient (Wildman–Crippen LogP) is 2.29. The van der Waals surface area contributed by atoms with Crippen LogP contribution in [0.4, 0.5) is 0 Å². The molecule has 0 saturated carbocycles. The molecule has 1 rings (SSSR count). The first-order valence-electron chi connectivity index (χ1n) is 8.01. The van der Waals surface area contributed by atoms with Crippen LogP contribution in [0.5, 0.6) is 0 Å². The monoisotopic (exact) mass is 269 g/mol. The second-order valence-electron chi connectivity index (χ2n) is 7.32. The first kappa shape index (κ1) is 16.9. The van der Waals surface area contributed by atoms with Crippen molar-refractivity contribution in [3.8, 4) is 0 Å². The largest absolute Gasteiger partial charge is 0.316 e. The van der Waals surface area contributed by atoms with E-state index in [0.29, 0.717) is 5.41 Å². The molecule has 0 aromatic rings. The van der Waals surface area contributed by atoms with E-state index in [9.17, 15) is 0 Å². The molecule has 0 unspecified atom stereocenters. The zero-order valence-corrected chi connectivity index (χ0v) is 13.8. The number of piperidine rings is 1. The SMILES string of the molecule is CCCNCC(C)(C)CN1CCC(CN(C)C)CC1. The van der Waals surface area contributed by atoms with E-state index in [2.05, 4.69) is 50.0 Å². The van der Waals surface area contributed by atoms with Gasteiger partial charge in [0.2, 0.25) is 0 Å². The maximum absolute atomic E-state index is 3.57. The minimum Gasteiger partial charge on any atom is -0.316 e. The lowest BCUT2D eigenvalue weighted by Crippen LogP contribution is -2.44. The Morgan fingerprint density at radius 1 is 1.21 bits per heavy atom. The van der Waals surface area contributed by atoms with E-state index < -0.39 is 0 Å². The van der Waals surface area contributed by atoms with Crippen molar-refractivity contribution in [3.63, 3.8) is 0 Å². The normalized spacial score (nSPS) is 19.3. The molecular formula is C16H35N3. The summed E-state index contributed by atoms with van der Waals surface area (Å²) in [5.41, 5.74) is 0.392. The van der Waals surface area contributed by atoms with Gasteiger partial charge in [-0.15, -0.1) is 0 Å². The van der Waals surface area contributed by atoms with Crippen LogP contribution >= 0.6 is 0 Å². The van der Waals surface area contributed by atoms with E-state index in [0.717, 1.165) is 19.0 Å². The Labute approximate surface area is 120 Å². The lowest BCUT2D eigenvalue weighted by molar-refractivity contribution is 0.117. The van der Waals surface area contributed by atoms with Crippen LogP contribution in [0.1, 0.15) is 40.0 Å². The molecule has 0 aliphatic carbocycles. The summed E-state index contributed by atoms with van der Waals surface area (Å²) >= 11 is 0. The molecule has 114 valence electrons. The summed E-state index contributed by atoms with van der Waals surface area (Å²) in [4.78, 5) is 5.00. The Bertz CT molecular complexity index is 230. The van der Waals surface area contributed by atoms with Crippen LogP contribution in [0.15, 0.2) is 0 Å². The topological polar surface area (TPSA) is 18.5 Å². The number of hydrogen-bond donors (Lipinski definition) is 1. The zero-order valence-electron chi connectivity index (χ0n) is 13.8. The maximum atomic E-state index is 3.57. The Morgan fingerprint density at radius 3 is 2.37 bits per heavy atom. The average Bonchev–Trinajstić information content (AvgIpc) is 2.31. The predicted molar refractivity (Wildman–Crippen MR) is 84.7 cm³/mol. The second kappa shape index (κ2) is 8.23. The van der Waals surface area contributed by atoms with Crippen LogP contribution in [0.3, 0.4) is 0 Å². The molecule has 0 spiro atoms. The van der Waals surface area contributed by atoms with Crippen LogP contribution in [-0.2, 0) is 0 Å². The van der Waals surface area contributed by atoms with Crippen molar-refractivity contribution in [1.82, 2.24) is 15.1 Å². The van der Waals surface area contributed by atoms with Crippen molar-refractivity contribution in [1.29, 1.82) is 0 Å². The van der Waals surface area contributed by atoms with E-state index in [-0.39, 0.29) is 0 Å². The van der Waals surface area contributed by atoms with Crippen molar-refractivity contribution >= 4 is 0 Å². The molecule has 1 aliphatic heterocycles. The van der Waals surface area contributed by atoms with Gasteiger partial charge in [-0.3, -0.25) is 0 Å². The fraction of sp³-hybridized carbons (Fsp3) is 1.00. The number of likely N-dealkylation sites (tertiary alicyclic amines) is 1. The molecule has 0 aromatic heterocycles. The highest BCUT2D eigenvalue weighted by molar-refractivity contribution is 4.80. The van der Waals surface area contributed by atoms with E-state index in [1.165, 1.54) is 45.4 Å². The first-order valence-corrected chi connectivity index (χ1v) is 8.01. The molecule has 1 saturated heterocycles. The van der Waals surface area contributed by atoms with Crippen LogP contribution in [0.25, 0.3) is 0 Å². The summed E-state index contributed by atoms with van der Waals surface area (Å²) in [6.07, 6.45) is 3.97. The van der Waals surface area contributed by atoms with Crippen LogP contribution in [0.2, 0.25) is 0 Å². The van der Waals surface area contributed by atoms with Gasteiger partial charge in [-0.2, -0.15) is 0 Å². The maximum Gasteiger partial charge on any atom is 0.00448 e. The molecule has 0 bridgehead atoms. The fourth-order valence-corrected chi connectivity index (χ4v) is 3.11. The third kappa shape index (κ3) is 7.28. The van der Waals surface area contributed by atoms with E-state index in [1.54, 1.807) is 0 Å². The average molecular weight is 269 g/mol. The van der Waals surface area contributed by atoms with Gasteiger partial charge in [-0.25, -0.2) is 0 Å². The molecule has 1 heterocycles. The van der Waals surface area contributed by atoms with Gasteiger partial charge >= 0.3 is 0 Å². The number of nitrogens with one attached hydrogen (secondary N) is 1. The van der Waals surface area contributed by atoms with Gasteiger partial charge in [0.05, 0.1) is 0 Å². The summed E-state index contributed by atoms with van der Waals surface area (Å²) < 4.78 is 0. The molecule has 0 radical (unpaired) electrons. The summed E-state index contributed by atoms with van der Waals surface area (Å²) in [5.74, 6) is 0.910. The Balaban J connectivity index is 2.23. The highest BCUT2D eigenvalue weighted by Crippen LogP contribution is 2.22. The van der Waals surface area contributed by atoms with Crippen molar-refractivity contribution in [2.75, 3.05) is 53.4 Å². The quantitative estimate of drug-likeness (QED) is 0.682. The van der Waals surface area contributed by atoms with E-state index >= 15 is 0 Å². The Kier molecular flexibility index (Phi) is 7.33. The summed E-state index contributed by atoms with van der Waals surface area (Å²) in [7, 11) is 4.38. The van der Waals surface area contributed by atoms with E-state index in [1.807, 2.05) is 0 Å². The fourth-order valence-electron chi connectivity index (χ4n) is 3.11. The summed E-state index contributed by atoms with van der Waals surface area (Å²) in [6, 6.07) is 0. The molecule has 19 heavy (non-hydrogen) atoms. The number of hydrogen-bond acceptors (Lipinski definition) is 3. The summed E-state index contributed by atoms with van der Waals surface area (Å²) in [6.45, 7) is 14.4. The van der Waals surface area contributed by atoms with E-state index in [4.69, 9.17) is 0 Å². The standard InChI is InChI=1S/C16H35N3/c1-6-9-17-13-16(2,3)14-19-10-7-15(8-11-19)12-18(4)5/h15,17H,6-14H2,1-5H3. The lowest BCUT2D eigenvalue weighted by atomic mass is 9.90. The van der Waals surface area contributed by atoms with Crippen LogP contribution in [-0.4, -0.2) is 63.2 Å². The summed E-state index contributed by atoms with van der Waals surface area (Å²) in [5, 5.41) is 3.57. The zero-order chi connectivity index (χ0) is 14.3. The molecule has 1 fully saturated rings. The molecular weight excluding hydrogens is 234 g/mol. The molecule has 1 N–H and O–H groups in total. The van der Waals surface area contributed by atoms with Gasteiger partial charge in [0, 0.05) is 19.6 Å². The highest BCUT2D eigenvalue weighted by Gasteiger charge is 2.25. The van der Waals surface area contributed by atoms with Gasteiger partial charge in [0.15, 0.2) is 0 Å². The lowest BCUT2D eigenvalue weighted by Gasteiger charge is -2.38. The van der Waals surface area contributed by atoms with Gasteiger partial charge in [-0.05, 0) is 64.3 Å². The van der Waals surface area contributed by atoms with Crippen molar-refractivity contribution in [3.05, 3.63) is 0 Å². The molecule has 0 atom stereocenters. The van der Waals surface area contributed by atoms with Crippen LogP contribution < -0.4 is 5.32 Å². The van der Waals surface area contributed by atoms with Crippen molar-refractivity contribution in [2.45, 2.75) is 40.0 Å². The Hall–Kier alpha value is -0.120. The molecule has 0 aromatic carbocycles. The van der Waals surface area contributed by atoms with Gasteiger partial charge in [-0.1, -0.05) is 20.8 Å². The first-order chi connectivity index (χ1) is 8.93.